The molecule has 0 nitrogen and oxygen atoms in total. The van der Waals surface area contributed by atoms with Gasteiger partial charge in [0.15, 0.2) is 0 Å². The van der Waals surface area contributed by atoms with Crippen molar-refractivity contribution in [3.63, 3.8) is 0 Å². The fraction of sp³-hybridized carbons (Fsp3) is 0.0588. The van der Waals surface area contributed by atoms with Crippen molar-refractivity contribution in [3.05, 3.63) is 72.0 Å². The molecule has 0 heterocycles. The van der Waals surface area contributed by atoms with E-state index in [0.29, 0.717) is 21.9 Å². The van der Waals surface area contributed by atoms with Gasteiger partial charge in [0.1, 0.15) is 5.82 Å². The number of fused-ring (bicyclic) bond motifs is 1. The van der Waals surface area contributed by atoms with E-state index in [1.54, 1.807) is 36.4 Å². The Balaban J connectivity index is 2.26. The molecule has 0 fully saturated rings. The van der Waals surface area contributed by atoms with Crippen LogP contribution in [0, 0.1) is 5.82 Å². The smallest absolute Gasteiger partial charge is 0.206 e. The van der Waals surface area contributed by atoms with E-state index in [0.717, 1.165) is 12.1 Å². The van der Waals surface area contributed by atoms with E-state index in [-0.39, 0.29) is 0 Å². The van der Waals surface area contributed by atoms with Gasteiger partial charge in [-0.05, 0) is 34.7 Å². The summed E-state index contributed by atoms with van der Waals surface area (Å²) in [5, 5.41) is 0.990. The Morgan fingerprint density at radius 2 is 1.43 bits per heavy atom. The van der Waals surface area contributed by atoms with Crippen molar-refractivity contribution in [1.29, 1.82) is 0 Å². The van der Waals surface area contributed by atoms with Crippen molar-refractivity contribution in [2.45, 2.75) is 6.18 Å². The summed E-state index contributed by atoms with van der Waals surface area (Å²) in [6.07, 6.45) is -4.42. The van der Waals surface area contributed by atoms with Crippen LogP contribution in [0.25, 0.3) is 21.9 Å². The molecule has 0 aliphatic rings. The minimum absolute atomic E-state index is 0.333. The summed E-state index contributed by atoms with van der Waals surface area (Å²) in [5.41, 5.74) is 0.0607. The van der Waals surface area contributed by atoms with E-state index in [4.69, 9.17) is 0 Å². The topological polar surface area (TPSA) is 0 Å². The second kappa shape index (κ2) is 4.88. The Labute approximate surface area is 118 Å². The zero-order valence-corrected chi connectivity index (χ0v) is 10.8. The van der Waals surface area contributed by atoms with Crippen LogP contribution in [0.3, 0.4) is 0 Å². The van der Waals surface area contributed by atoms with Gasteiger partial charge in [0.2, 0.25) is 0 Å². The normalized spacial score (nSPS) is 11.8. The lowest BCUT2D eigenvalue weighted by Gasteiger charge is -2.11. The Hall–Kier alpha value is -2.36. The van der Waals surface area contributed by atoms with Gasteiger partial charge >= 0.3 is 6.18 Å². The molecule has 0 aliphatic heterocycles. The molecular weight excluding hydrogens is 280 g/mol. The molecule has 0 amide bonds. The Kier molecular flexibility index (Phi) is 3.16. The van der Waals surface area contributed by atoms with Crippen molar-refractivity contribution in [2.24, 2.45) is 0 Å². The first-order valence-corrected chi connectivity index (χ1v) is 6.32. The molecule has 106 valence electrons. The zero-order valence-electron chi connectivity index (χ0n) is 10.8. The summed E-state index contributed by atoms with van der Waals surface area (Å²) in [6, 6.07) is 14.6. The van der Waals surface area contributed by atoms with Crippen LogP contribution in [0.1, 0.15) is 5.56 Å². The highest BCUT2D eigenvalue weighted by Gasteiger charge is 2.30. The highest BCUT2D eigenvalue weighted by molar-refractivity contribution is 5.97. The van der Waals surface area contributed by atoms with Gasteiger partial charge in [-0.15, -0.1) is 0 Å². The molecule has 0 N–H and O–H groups in total. The van der Waals surface area contributed by atoms with E-state index >= 15 is 0 Å². The van der Waals surface area contributed by atoms with Crippen LogP contribution in [0.15, 0.2) is 60.7 Å². The highest BCUT2D eigenvalue weighted by atomic mass is 19.4. The Bertz CT molecular complexity index is 798. The van der Waals surface area contributed by atoms with Crippen LogP contribution in [-0.4, -0.2) is 0 Å². The summed E-state index contributed by atoms with van der Waals surface area (Å²) in [5.74, 6) is -0.444. The maximum Gasteiger partial charge on any atom is 0.416 e. The minimum Gasteiger partial charge on any atom is -0.206 e. The van der Waals surface area contributed by atoms with Crippen LogP contribution in [0.5, 0.6) is 0 Å². The van der Waals surface area contributed by atoms with Gasteiger partial charge in [-0.1, -0.05) is 42.5 Å². The van der Waals surface area contributed by atoms with Gasteiger partial charge in [-0.3, -0.25) is 0 Å². The molecule has 0 bridgehead atoms. The maximum absolute atomic E-state index is 14.0. The summed E-state index contributed by atoms with van der Waals surface area (Å²) in [4.78, 5) is 0. The zero-order chi connectivity index (χ0) is 15.0. The molecule has 21 heavy (non-hydrogen) atoms. The highest BCUT2D eigenvalue weighted by Crippen LogP contribution is 2.35. The van der Waals surface area contributed by atoms with Gasteiger partial charge in [0, 0.05) is 5.39 Å². The molecule has 0 unspecified atom stereocenters. The molecule has 0 saturated carbocycles. The second-order valence-electron chi connectivity index (χ2n) is 4.72. The van der Waals surface area contributed by atoms with Gasteiger partial charge in [0.25, 0.3) is 0 Å². The molecular formula is C17H10F4. The fourth-order valence-corrected chi connectivity index (χ4v) is 2.40. The molecule has 3 aromatic carbocycles. The van der Waals surface area contributed by atoms with E-state index < -0.39 is 17.6 Å². The Morgan fingerprint density at radius 1 is 0.762 bits per heavy atom. The number of alkyl halides is 3. The van der Waals surface area contributed by atoms with Crippen molar-refractivity contribution in [3.8, 4) is 11.1 Å². The summed E-state index contributed by atoms with van der Waals surface area (Å²) >= 11 is 0. The molecule has 3 aromatic rings. The van der Waals surface area contributed by atoms with Gasteiger partial charge < -0.3 is 0 Å². The molecule has 0 aliphatic carbocycles. The standard InChI is InChI=1S/C17H10F4/c18-15-9-3-5-11-4-2-8-14(16(11)15)12-6-1-7-13(10-12)17(19,20)21/h1-10H. The fourth-order valence-electron chi connectivity index (χ4n) is 2.40. The first-order valence-electron chi connectivity index (χ1n) is 6.32. The van der Waals surface area contributed by atoms with Crippen molar-refractivity contribution < 1.29 is 17.6 Å². The SMILES string of the molecule is Fc1cccc2cccc(-c3cccc(C(F)(F)F)c3)c12. The number of hydrogen-bond acceptors (Lipinski definition) is 0. The lowest BCUT2D eigenvalue weighted by Crippen LogP contribution is -2.04. The average molecular weight is 290 g/mol. The predicted octanol–water partition coefficient (Wildman–Crippen LogP) is 5.66. The van der Waals surface area contributed by atoms with Crippen molar-refractivity contribution in [2.75, 3.05) is 0 Å². The van der Waals surface area contributed by atoms with E-state index in [2.05, 4.69) is 0 Å². The number of benzene rings is 3. The van der Waals surface area contributed by atoms with Crippen molar-refractivity contribution >= 4 is 10.8 Å². The van der Waals surface area contributed by atoms with Crippen LogP contribution < -0.4 is 0 Å². The third-order valence-electron chi connectivity index (χ3n) is 3.35. The minimum atomic E-state index is -4.42. The number of hydrogen-bond donors (Lipinski definition) is 0. The Morgan fingerprint density at radius 3 is 2.14 bits per heavy atom. The van der Waals surface area contributed by atoms with E-state index in [1.165, 1.54) is 12.1 Å². The molecule has 3 rings (SSSR count). The largest absolute Gasteiger partial charge is 0.416 e. The number of rotatable bonds is 1. The molecule has 4 heteroatoms. The third-order valence-corrected chi connectivity index (χ3v) is 3.35. The lowest BCUT2D eigenvalue weighted by atomic mass is 9.96. The maximum atomic E-state index is 14.0. The van der Waals surface area contributed by atoms with Gasteiger partial charge in [-0.25, -0.2) is 4.39 Å². The van der Waals surface area contributed by atoms with Crippen LogP contribution in [0.2, 0.25) is 0 Å². The summed E-state index contributed by atoms with van der Waals surface area (Å²) in [7, 11) is 0. The predicted molar refractivity (Wildman–Crippen MR) is 74.3 cm³/mol. The molecule has 0 saturated heterocycles. The first-order chi connectivity index (χ1) is 9.97. The molecule has 0 radical (unpaired) electrons. The molecule has 0 aromatic heterocycles. The summed E-state index contributed by atoms with van der Waals surface area (Å²) in [6.45, 7) is 0. The van der Waals surface area contributed by atoms with Gasteiger partial charge in [0.05, 0.1) is 5.56 Å². The summed E-state index contributed by atoms with van der Waals surface area (Å²) < 4.78 is 52.5. The second-order valence-corrected chi connectivity index (χ2v) is 4.72. The van der Waals surface area contributed by atoms with Crippen molar-refractivity contribution in [1.82, 2.24) is 0 Å². The van der Waals surface area contributed by atoms with Crippen LogP contribution >= 0.6 is 0 Å². The molecule has 0 spiro atoms. The monoisotopic (exact) mass is 290 g/mol. The van der Waals surface area contributed by atoms with Gasteiger partial charge in [-0.2, -0.15) is 13.2 Å². The number of halogens is 4. The quantitative estimate of drug-likeness (QED) is 0.507. The van der Waals surface area contributed by atoms with E-state index in [9.17, 15) is 17.6 Å². The lowest BCUT2D eigenvalue weighted by molar-refractivity contribution is -0.137. The average Bonchev–Trinajstić information content (AvgIpc) is 2.46. The molecule has 0 atom stereocenters. The van der Waals surface area contributed by atoms with Crippen LogP contribution in [-0.2, 0) is 6.18 Å². The first kappa shape index (κ1) is 13.6. The van der Waals surface area contributed by atoms with E-state index in [1.807, 2.05) is 0 Å². The third kappa shape index (κ3) is 2.49. The van der Waals surface area contributed by atoms with Crippen LogP contribution in [0.4, 0.5) is 17.6 Å².